The van der Waals surface area contributed by atoms with Crippen LogP contribution in [-0.4, -0.2) is 28.6 Å². The number of nitrogens with zero attached hydrogens (tertiary/aromatic N) is 1. The summed E-state index contributed by atoms with van der Waals surface area (Å²) in [4.78, 5) is 39.6. The van der Waals surface area contributed by atoms with E-state index in [0.717, 1.165) is 16.7 Å². The molecule has 0 bridgehead atoms. The molecule has 1 saturated heterocycles. The van der Waals surface area contributed by atoms with E-state index in [9.17, 15) is 14.4 Å². The number of carbonyl (C=O) groups excluding carboxylic acids is 3. The van der Waals surface area contributed by atoms with E-state index >= 15 is 0 Å². The van der Waals surface area contributed by atoms with Gasteiger partial charge in [-0.15, -0.1) is 0 Å². The average Bonchev–Trinajstić information content (AvgIpc) is 3.10. The first-order valence-corrected chi connectivity index (χ1v) is 13.5. The van der Waals surface area contributed by atoms with Crippen molar-refractivity contribution in [3.8, 4) is 11.5 Å². The minimum atomic E-state index is -0.615. The third-order valence-electron chi connectivity index (χ3n) is 5.14. The molecule has 1 aliphatic rings. The van der Waals surface area contributed by atoms with E-state index in [2.05, 4.69) is 15.9 Å². The third kappa shape index (κ3) is 6.33. The number of esters is 1. The van der Waals surface area contributed by atoms with Crippen molar-refractivity contribution in [3.63, 3.8) is 0 Å². The second-order valence-electron chi connectivity index (χ2n) is 7.63. The summed E-state index contributed by atoms with van der Waals surface area (Å²) < 4.78 is 11.7. The van der Waals surface area contributed by atoms with Crippen molar-refractivity contribution in [2.24, 2.45) is 0 Å². The molecule has 190 valence electrons. The Bertz CT molecular complexity index is 1430. The van der Waals surface area contributed by atoms with Gasteiger partial charge >= 0.3 is 5.97 Å². The summed E-state index contributed by atoms with van der Waals surface area (Å²) >= 11 is 22.6. The van der Waals surface area contributed by atoms with E-state index in [1.807, 2.05) is 0 Å². The SMILES string of the molecule is CCOc1cc(/C=C2\SC(=O)N(Cc3c(Cl)cccc3Cl)C2=O)cc(Br)c1OC(=O)c1cccc(Cl)c1. The Hall–Kier alpha value is -2.49. The van der Waals surface area contributed by atoms with Crippen LogP contribution in [-0.2, 0) is 11.3 Å². The van der Waals surface area contributed by atoms with Gasteiger partial charge in [0, 0.05) is 20.6 Å². The maximum atomic E-state index is 13.0. The van der Waals surface area contributed by atoms with Crippen LogP contribution < -0.4 is 9.47 Å². The molecule has 3 aromatic carbocycles. The van der Waals surface area contributed by atoms with Crippen molar-refractivity contribution in [3.05, 3.63) is 95.7 Å². The molecular formula is C26H17BrCl3NO5S. The highest BCUT2D eigenvalue weighted by Crippen LogP contribution is 2.40. The van der Waals surface area contributed by atoms with Crippen molar-refractivity contribution in [2.45, 2.75) is 13.5 Å². The number of thioether (sulfide) groups is 1. The third-order valence-corrected chi connectivity index (χ3v) is 7.58. The molecule has 1 fully saturated rings. The summed E-state index contributed by atoms with van der Waals surface area (Å²) in [5.74, 6) is -0.640. The zero-order valence-electron chi connectivity index (χ0n) is 19.1. The number of carbonyl (C=O) groups is 3. The number of hydrogen-bond donors (Lipinski definition) is 0. The molecule has 0 spiro atoms. The topological polar surface area (TPSA) is 72.9 Å². The lowest BCUT2D eigenvalue weighted by Crippen LogP contribution is -2.27. The summed E-state index contributed by atoms with van der Waals surface area (Å²) in [7, 11) is 0. The van der Waals surface area contributed by atoms with Crippen molar-refractivity contribution in [1.82, 2.24) is 4.90 Å². The smallest absolute Gasteiger partial charge is 0.343 e. The molecule has 0 N–H and O–H groups in total. The molecule has 11 heteroatoms. The molecule has 0 unspecified atom stereocenters. The van der Waals surface area contributed by atoms with Crippen molar-refractivity contribution in [1.29, 1.82) is 0 Å². The minimum absolute atomic E-state index is 0.0488. The van der Waals surface area contributed by atoms with Crippen LogP contribution in [0.3, 0.4) is 0 Å². The molecule has 0 radical (unpaired) electrons. The first-order valence-electron chi connectivity index (χ1n) is 10.8. The Labute approximate surface area is 240 Å². The zero-order chi connectivity index (χ0) is 26.7. The largest absolute Gasteiger partial charge is 0.490 e. The second kappa shape index (κ2) is 11.9. The first-order chi connectivity index (χ1) is 17.7. The highest BCUT2D eigenvalue weighted by atomic mass is 79.9. The Balaban J connectivity index is 1.60. The molecular weight excluding hydrogens is 625 g/mol. The van der Waals surface area contributed by atoms with Gasteiger partial charge in [-0.2, -0.15) is 0 Å². The normalized spacial score (nSPS) is 14.4. The number of rotatable bonds is 7. The van der Waals surface area contributed by atoms with Gasteiger partial charge in [0.15, 0.2) is 11.5 Å². The fourth-order valence-corrected chi connectivity index (χ4v) is 5.52. The summed E-state index contributed by atoms with van der Waals surface area (Å²) in [6.07, 6.45) is 1.56. The second-order valence-corrected chi connectivity index (χ2v) is 10.7. The number of benzene rings is 3. The molecule has 0 atom stereocenters. The lowest BCUT2D eigenvalue weighted by Gasteiger charge is -2.15. The van der Waals surface area contributed by atoms with Crippen LogP contribution in [0.15, 0.2) is 64.0 Å². The van der Waals surface area contributed by atoms with E-state index in [0.29, 0.717) is 37.3 Å². The van der Waals surface area contributed by atoms with Crippen LogP contribution in [0.4, 0.5) is 4.79 Å². The molecule has 0 aromatic heterocycles. The summed E-state index contributed by atoms with van der Waals surface area (Å²) in [5, 5.41) is 0.690. The van der Waals surface area contributed by atoms with Gasteiger partial charge in [-0.05, 0) is 88.7 Å². The predicted molar refractivity (Wildman–Crippen MR) is 150 cm³/mol. The molecule has 0 aliphatic carbocycles. The van der Waals surface area contributed by atoms with Gasteiger partial charge in [-0.25, -0.2) is 4.79 Å². The molecule has 37 heavy (non-hydrogen) atoms. The standard InChI is InChI=1S/C26H17BrCl3NO5S/c1-2-35-21-10-14(9-18(27)23(21)36-25(33)15-5-3-6-16(28)12-15)11-22-24(32)31(26(34)37-22)13-17-19(29)7-4-8-20(17)30/h3-12H,2,13H2,1H3/b22-11-. The number of hydrogen-bond acceptors (Lipinski definition) is 6. The maximum absolute atomic E-state index is 13.0. The van der Waals surface area contributed by atoms with Gasteiger partial charge in [-0.3, -0.25) is 14.5 Å². The fraction of sp³-hybridized carbons (Fsp3) is 0.115. The minimum Gasteiger partial charge on any atom is -0.490 e. The summed E-state index contributed by atoms with van der Waals surface area (Å²) in [6.45, 7) is 2.04. The van der Waals surface area contributed by atoms with Gasteiger partial charge in [0.1, 0.15) is 0 Å². The molecule has 2 amide bonds. The monoisotopic (exact) mass is 639 g/mol. The van der Waals surface area contributed by atoms with E-state index in [1.165, 1.54) is 6.07 Å². The zero-order valence-corrected chi connectivity index (χ0v) is 23.8. The number of amides is 2. The van der Waals surface area contributed by atoms with Crippen LogP contribution >= 0.6 is 62.5 Å². The van der Waals surface area contributed by atoms with Gasteiger partial charge < -0.3 is 9.47 Å². The molecule has 1 aliphatic heterocycles. The van der Waals surface area contributed by atoms with E-state index < -0.39 is 17.1 Å². The Morgan fingerprint density at radius 3 is 2.43 bits per heavy atom. The van der Waals surface area contributed by atoms with Gasteiger partial charge in [0.05, 0.1) is 28.1 Å². The van der Waals surface area contributed by atoms with E-state index in [4.69, 9.17) is 44.3 Å². The maximum Gasteiger partial charge on any atom is 0.343 e. The lowest BCUT2D eigenvalue weighted by molar-refractivity contribution is -0.123. The Kier molecular flexibility index (Phi) is 8.87. The van der Waals surface area contributed by atoms with Crippen LogP contribution in [0.5, 0.6) is 11.5 Å². The quantitative estimate of drug-likeness (QED) is 0.147. The highest BCUT2D eigenvalue weighted by molar-refractivity contribution is 9.10. The number of halogens is 4. The number of imide groups is 1. The van der Waals surface area contributed by atoms with Crippen molar-refractivity contribution in [2.75, 3.05) is 6.61 Å². The van der Waals surface area contributed by atoms with Gasteiger partial charge in [-0.1, -0.05) is 46.9 Å². The van der Waals surface area contributed by atoms with Gasteiger partial charge in [0.2, 0.25) is 0 Å². The summed E-state index contributed by atoms with van der Waals surface area (Å²) in [5.41, 5.74) is 1.32. The summed E-state index contributed by atoms with van der Waals surface area (Å²) in [6, 6.07) is 14.6. The number of ether oxygens (including phenoxy) is 2. The van der Waals surface area contributed by atoms with Crippen LogP contribution in [0.1, 0.15) is 28.4 Å². The molecule has 1 heterocycles. The first kappa shape index (κ1) is 27.5. The van der Waals surface area contributed by atoms with Crippen LogP contribution in [0, 0.1) is 0 Å². The molecule has 4 rings (SSSR count). The van der Waals surface area contributed by atoms with Crippen LogP contribution in [0.25, 0.3) is 6.08 Å². The Morgan fingerprint density at radius 1 is 1.05 bits per heavy atom. The van der Waals surface area contributed by atoms with E-state index in [-0.39, 0.29) is 28.5 Å². The highest BCUT2D eigenvalue weighted by Gasteiger charge is 2.36. The van der Waals surface area contributed by atoms with Crippen molar-refractivity contribution < 1.29 is 23.9 Å². The average molecular weight is 642 g/mol. The fourth-order valence-electron chi connectivity index (χ4n) is 3.43. The molecule has 6 nitrogen and oxygen atoms in total. The molecule has 0 saturated carbocycles. The lowest BCUT2D eigenvalue weighted by atomic mass is 10.1. The van der Waals surface area contributed by atoms with Gasteiger partial charge in [0.25, 0.3) is 11.1 Å². The van der Waals surface area contributed by atoms with E-state index in [1.54, 1.807) is 61.5 Å². The Morgan fingerprint density at radius 2 is 1.76 bits per heavy atom. The molecule has 3 aromatic rings. The van der Waals surface area contributed by atoms with Crippen LogP contribution in [0.2, 0.25) is 15.1 Å². The predicted octanol–water partition coefficient (Wildman–Crippen LogP) is 8.26. The van der Waals surface area contributed by atoms with Crippen molar-refractivity contribution >= 4 is 85.7 Å².